The highest BCUT2D eigenvalue weighted by Gasteiger charge is 2.41. The van der Waals surface area contributed by atoms with E-state index in [1.54, 1.807) is 0 Å². The summed E-state index contributed by atoms with van der Waals surface area (Å²) in [6.45, 7) is 2.30. The highest BCUT2D eigenvalue weighted by molar-refractivity contribution is 9.10. The second-order valence-electron chi connectivity index (χ2n) is 9.02. The molecule has 0 bridgehead atoms. The number of halogens is 2. The number of methoxy groups -OCH3 is 2. The maximum absolute atomic E-state index is 13.5. The fraction of sp³-hybridized carbons (Fsp3) is 0.200. The Bertz CT molecular complexity index is 1690. The van der Waals surface area contributed by atoms with Gasteiger partial charge in [0.1, 0.15) is 0 Å². The van der Waals surface area contributed by atoms with Crippen LogP contribution in [0.5, 0.6) is 23.0 Å². The Morgan fingerprint density at radius 3 is 1.61 bits per heavy atom. The van der Waals surface area contributed by atoms with Crippen molar-refractivity contribution in [3.05, 3.63) is 75.2 Å². The van der Waals surface area contributed by atoms with Gasteiger partial charge in [-0.05, 0) is 54.6 Å². The van der Waals surface area contributed by atoms with Gasteiger partial charge in [-0.1, -0.05) is 27.5 Å². The van der Waals surface area contributed by atoms with Gasteiger partial charge in [-0.15, -0.1) is 0 Å². The minimum Gasteiger partial charge on any atom is -0.493 e. The lowest BCUT2D eigenvalue weighted by Gasteiger charge is -2.24. The van der Waals surface area contributed by atoms with E-state index in [1.807, 2.05) is 0 Å². The summed E-state index contributed by atoms with van der Waals surface area (Å²) >= 11 is 9.42. The molecule has 0 aromatic heterocycles. The Balaban J connectivity index is 1.99. The van der Waals surface area contributed by atoms with Crippen LogP contribution in [0.4, 0.5) is 5.69 Å². The van der Waals surface area contributed by atoms with Crippen LogP contribution in [-0.4, -0.2) is 67.3 Å². The maximum atomic E-state index is 13.5. The number of hydrogen-bond acceptors (Lipinski definition) is 12. The minimum atomic E-state index is -2.40. The molecule has 2 atom stereocenters. The molecule has 0 saturated carbocycles. The largest absolute Gasteiger partial charge is 0.493 e. The number of rotatable bonds is 12. The standard InChI is InChI=1S/C30H25BrClNO13/c1-14(34)43-21-9-5-16(11-23(21)41-3)29(39)45-25(27(36)33-20-8-7-18(31)13-19(20)32)26(28(37)38)46-30(40)17-6-10-22(44-15(2)35)24(12-17)42-4/h5-13,25-26H,1-4H3,(H,33,36)(H,37,38)/t25-,26-/m1/s1. The molecule has 0 spiro atoms. The van der Waals surface area contributed by atoms with Gasteiger partial charge < -0.3 is 38.8 Å². The van der Waals surface area contributed by atoms with Crippen LogP contribution in [0.1, 0.15) is 34.6 Å². The molecule has 3 aromatic rings. The SMILES string of the molecule is COc1cc(C(=O)O[C@@H](C(=O)O)[C@@H](OC(=O)c2ccc(OC(C)=O)c(OC)c2)C(=O)Nc2ccc(Br)cc2Cl)ccc1OC(C)=O. The van der Waals surface area contributed by atoms with Crippen LogP contribution >= 0.6 is 27.5 Å². The van der Waals surface area contributed by atoms with Gasteiger partial charge in [-0.3, -0.25) is 14.4 Å². The number of hydrogen-bond donors (Lipinski definition) is 2. The van der Waals surface area contributed by atoms with Crippen LogP contribution in [0.25, 0.3) is 0 Å². The molecule has 0 aliphatic heterocycles. The van der Waals surface area contributed by atoms with Crippen molar-refractivity contribution < 1.29 is 62.3 Å². The molecular formula is C30H25BrClNO13. The molecule has 0 aliphatic rings. The van der Waals surface area contributed by atoms with Crippen LogP contribution < -0.4 is 24.3 Å². The fourth-order valence-electron chi connectivity index (χ4n) is 3.72. The van der Waals surface area contributed by atoms with Crippen LogP contribution in [0.2, 0.25) is 5.02 Å². The molecule has 0 unspecified atom stereocenters. The monoisotopic (exact) mass is 721 g/mol. The molecular weight excluding hydrogens is 698 g/mol. The van der Waals surface area contributed by atoms with Crippen molar-refractivity contribution in [2.24, 2.45) is 0 Å². The number of carboxylic acids is 1. The number of carbonyl (C=O) groups excluding carboxylic acids is 5. The zero-order valence-corrected chi connectivity index (χ0v) is 26.8. The van der Waals surface area contributed by atoms with Crippen LogP contribution in [0.3, 0.4) is 0 Å². The van der Waals surface area contributed by atoms with E-state index in [1.165, 1.54) is 50.6 Å². The van der Waals surface area contributed by atoms with Crippen LogP contribution in [0, 0.1) is 0 Å². The summed E-state index contributed by atoms with van der Waals surface area (Å²) < 4.78 is 31.3. The zero-order valence-electron chi connectivity index (χ0n) is 24.5. The molecule has 0 aliphatic carbocycles. The van der Waals surface area contributed by atoms with Gasteiger partial charge in [0.05, 0.1) is 36.1 Å². The van der Waals surface area contributed by atoms with E-state index >= 15 is 0 Å². The van der Waals surface area contributed by atoms with Crippen LogP contribution in [0.15, 0.2) is 59.1 Å². The van der Waals surface area contributed by atoms with Gasteiger partial charge in [-0.2, -0.15) is 0 Å². The molecule has 14 nitrogen and oxygen atoms in total. The van der Waals surface area contributed by atoms with Crippen molar-refractivity contribution in [1.29, 1.82) is 0 Å². The number of amides is 1. The summed E-state index contributed by atoms with van der Waals surface area (Å²) in [6.07, 6.45) is -4.68. The predicted molar refractivity (Wildman–Crippen MR) is 162 cm³/mol. The van der Waals surface area contributed by atoms with Gasteiger partial charge in [0.2, 0.25) is 12.2 Å². The molecule has 16 heteroatoms. The third-order valence-electron chi connectivity index (χ3n) is 5.74. The molecule has 1 amide bonds. The Morgan fingerprint density at radius 1 is 0.717 bits per heavy atom. The lowest BCUT2D eigenvalue weighted by Crippen LogP contribution is -2.48. The van der Waals surface area contributed by atoms with E-state index in [2.05, 4.69) is 21.2 Å². The van der Waals surface area contributed by atoms with E-state index in [4.69, 9.17) is 40.0 Å². The number of aliphatic carboxylic acids is 1. The van der Waals surface area contributed by atoms with Gasteiger partial charge in [0.15, 0.2) is 23.0 Å². The van der Waals surface area contributed by atoms with Crippen molar-refractivity contribution in [2.75, 3.05) is 19.5 Å². The molecule has 46 heavy (non-hydrogen) atoms. The zero-order chi connectivity index (χ0) is 34.1. The van der Waals surface area contributed by atoms with Crippen molar-refractivity contribution in [3.63, 3.8) is 0 Å². The van der Waals surface area contributed by atoms with Crippen LogP contribution in [-0.2, 0) is 28.7 Å². The smallest absolute Gasteiger partial charge is 0.349 e. The molecule has 0 heterocycles. The van der Waals surface area contributed by atoms with E-state index in [-0.39, 0.29) is 44.8 Å². The highest BCUT2D eigenvalue weighted by Crippen LogP contribution is 2.31. The molecule has 2 N–H and O–H groups in total. The minimum absolute atomic E-state index is 0.0181. The van der Waals surface area contributed by atoms with Gasteiger partial charge >= 0.3 is 29.8 Å². The topological polar surface area (TPSA) is 190 Å². The number of benzene rings is 3. The Labute approximate surface area is 274 Å². The number of ether oxygens (including phenoxy) is 6. The summed E-state index contributed by atoms with van der Waals surface area (Å²) in [4.78, 5) is 74.9. The summed E-state index contributed by atoms with van der Waals surface area (Å²) in [5.74, 6) is -7.08. The van der Waals surface area contributed by atoms with E-state index in [0.717, 1.165) is 32.0 Å². The molecule has 3 rings (SSSR count). The number of anilines is 1. The second-order valence-corrected chi connectivity index (χ2v) is 10.3. The van der Waals surface area contributed by atoms with Crippen molar-refractivity contribution in [2.45, 2.75) is 26.1 Å². The maximum Gasteiger partial charge on any atom is 0.349 e. The van der Waals surface area contributed by atoms with E-state index < -0.39 is 48.0 Å². The van der Waals surface area contributed by atoms with E-state index in [0.29, 0.717) is 4.47 Å². The normalized spacial score (nSPS) is 11.7. The molecule has 0 radical (unpaired) electrons. The second kappa shape index (κ2) is 15.7. The predicted octanol–water partition coefficient (Wildman–Crippen LogP) is 4.44. The summed E-state index contributed by atoms with van der Waals surface area (Å²) in [7, 11) is 2.47. The quantitative estimate of drug-likeness (QED) is 0.197. The average molecular weight is 723 g/mol. The first-order valence-electron chi connectivity index (χ1n) is 12.9. The third-order valence-corrected chi connectivity index (χ3v) is 6.55. The molecule has 3 aromatic carbocycles. The summed E-state index contributed by atoms with van der Waals surface area (Å²) in [5, 5.41) is 12.5. The molecule has 0 saturated heterocycles. The van der Waals surface area contributed by atoms with Crippen molar-refractivity contribution in [1.82, 2.24) is 0 Å². The third kappa shape index (κ3) is 9.18. The number of carboxylic acid groups (broad SMARTS) is 1. The average Bonchev–Trinajstić information content (AvgIpc) is 2.99. The number of nitrogens with one attached hydrogen (secondary N) is 1. The van der Waals surface area contributed by atoms with E-state index in [9.17, 15) is 33.9 Å². The first-order valence-corrected chi connectivity index (χ1v) is 14.0. The lowest BCUT2D eigenvalue weighted by atomic mass is 10.1. The number of esters is 4. The lowest BCUT2D eigenvalue weighted by molar-refractivity contribution is -0.157. The molecule has 0 fully saturated rings. The fourth-order valence-corrected chi connectivity index (χ4v) is 4.44. The number of carbonyl (C=O) groups is 6. The van der Waals surface area contributed by atoms with Gasteiger partial charge in [-0.25, -0.2) is 14.4 Å². The van der Waals surface area contributed by atoms with Gasteiger partial charge in [0.25, 0.3) is 5.91 Å². The summed E-state index contributed by atoms with van der Waals surface area (Å²) in [6, 6.07) is 11.3. The summed E-state index contributed by atoms with van der Waals surface area (Å²) in [5.41, 5.74) is -0.482. The molecule has 242 valence electrons. The first kappa shape index (κ1) is 35.3. The van der Waals surface area contributed by atoms with Gasteiger partial charge in [0, 0.05) is 18.3 Å². The van der Waals surface area contributed by atoms with Crippen molar-refractivity contribution in [3.8, 4) is 23.0 Å². The first-order chi connectivity index (χ1) is 21.7. The Morgan fingerprint density at radius 2 is 1.20 bits per heavy atom. The van der Waals surface area contributed by atoms with Crippen molar-refractivity contribution >= 4 is 69.0 Å². The Hall–Kier alpha value is -5.15. The highest BCUT2D eigenvalue weighted by atomic mass is 79.9. The Kier molecular flexibility index (Phi) is 12.1.